The van der Waals surface area contributed by atoms with E-state index in [1.54, 1.807) is 13.8 Å². The van der Waals surface area contributed by atoms with Gasteiger partial charge in [0.1, 0.15) is 11.5 Å². The lowest BCUT2D eigenvalue weighted by Crippen LogP contribution is -2.28. The summed E-state index contributed by atoms with van der Waals surface area (Å²) in [6, 6.07) is 8.06. The Bertz CT molecular complexity index is 1410. The zero-order valence-corrected chi connectivity index (χ0v) is 26.2. The molecule has 0 amide bonds. The highest BCUT2D eigenvalue weighted by molar-refractivity contribution is 7.88. The number of benzene rings is 2. The molecule has 0 saturated carbocycles. The van der Waals surface area contributed by atoms with Gasteiger partial charge in [-0.15, -0.1) is 0 Å². The zero-order valence-electron chi connectivity index (χ0n) is 24.5. The van der Waals surface area contributed by atoms with Crippen LogP contribution in [0.4, 0.5) is 26.3 Å². The Morgan fingerprint density at radius 1 is 0.659 bits per heavy atom. The van der Waals surface area contributed by atoms with Gasteiger partial charge < -0.3 is 8.37 Å². The fraction of sp³-hybridized carbons (Fsp3) is 0.467. The molecule has 0 aliphatic heterocycles. The third kappa shape index (κ3) is 10.3. The molecule has 6 nitrogen and oxygen atoms in total. The van der Waals surface area contributed by atoms with Crippen molar-refractivity contribution < 1.29 is 51.5 Å². The molecular formula is C30H36F6O6S2. The van der Waals surface area contributed by atoms with Gasteiger partial charge in [0.15, 0.2) is 0 Å². The number of halogens is 6. The van der Waals surface area contributed by atoms with E-state index < -0.39 is 48.7 Å². The average molecular weight is 671 g/mol. The number of alkyl halides is 6. The minimum atomic E-state index is -5.93. The van der Waals surface area contributed by atoms with Crippen LogP contribution in [0.15, 0.2) is 48.6 Å². The predicted molar refractivity (Wildman–Crippen MR) is 158 cm³/mol. The number of rotatable bonds is 16. The molecule has 0 unspecified atom stereocenters. The first-order valence-electron chi connectivity index (χ1n) is 14.0. The molecule has 0 radical (unpaired) electrons. The average Bonchev–Trinajstić information content (AvgIpc) is 2.91. The molecule has 14 heteroatoms. The van der Waals surface area contributed by atoms with Crippen molar-refractivity contribution in [3.8, 4) is 11.5 Å². The van der Waals surface area contributed by atoms with Crippen LogP contribution in [0.25, 0.3) is 12.2 Å². The predicted octanol–water partition coefficient (Wildman–Crippen LogP) is 9.48. The van der Waals surface area contributed by atoms with Crippen molar-refractivity contribution in [2.75, 3.05) is 0 Å². The molecule has 0 spiro atoms. The maximum Gasteiger partial charge on any atom is 0.534 e. The summed E-state index contributed by atoms with van der Waals surface area (Å²) < 4.78 is 133. The molecule has 246 valence electrons. The monoisotopic (exact) mass is 670 g/mol. The Labute approximate surface area is 255 Å². The van der Waals surface area contributed by atoms with E-state index >= 15 is 0 Å². The molecule has 0 aromatic heterocycles. The van der Waals surface area contributed by atoms with Gasteiger partial charge in [-0.2, -0.15) is 43.2 Å². The lowest BCUT2D eigenvalue weighted by molar-refractivity contribution is -0.0504. The number of unbranched alkanes of at least 4 members (excludes halogenated alkanes) is 6. The van der Waals surface area contributed by atoms with Gasteiger partial charge in [-0.3, -0.25) is 0 Å². The summed E-state index contributed by atoms with van der Waals surface area (Å²) in [5.41, 5.74) is -10.00. The van der Waals surface area contributed by atoms with Crippen LogP contribution in [0.1, 0.15) is 100 Å². The van der Waals surface area contributed by atoms with Crippen LogP contribution in [-0.4, -0.2) is 27.9 Å². The summed E-state index contributed by atoms with van der Waals surface area (Å²) in [5, 5.41) is 0. The second kappa shape index (κ2) is 15.8. The maximum atomic E-state index is 13.0. The van der Waals surface area contributed by atoms with Crippen LogP contribution in [0.3, 0.4) is 0 Å². The second-order valence-electron chi connectivity index (χ2n) is 10.0. The van der Waals surface area contributed by atoms with Crippen molar-refractivity contribution in [1.82, 2.24) is 0 Å². The largest absolute Gasteiger partial charge is 0.534 e. The Morgan fingerprint density at radius 3 is 1.41 bits per heavy atom. The molecule has 2 aromatic carbocycles. The number of allylic oxidation sites excluding steroid dienone is 2. The molecule has 44 heavy (non-hydrogen) atoms. The molecule has 2 aromatic rings. The molecule has 0 aliphatic carbocycles. The third-order valence-corrected chi connectivity index (χ3v) is 8.56. The number of hydrogen-bond donors (Lipinski definition) is 0. The van der Waals surface area contributed by atoms with Crippen molar-refractivity contribution in [2.45, 2.75) is 89.1 Å². The fourth-order valence-corrected chi connectivity index (χ4v) is 5.47. The van der Waals surface area contributed by atoms with E-state index in [1.165, 1.54) is 48.6 Å². The highest BCUT2D eigenvalue weighted by Gasteiger charge is 2.49. The van der Waals surface area contributed by atoms with E-state index in [1.807, 2.05) is 0 Å². The fourth-order valence-electron chi connectivity index (χ4n) is 4.50. The van der Waals surface area contributed by atoms with Gasteiger partial charge in [0.2, 0.25) is 0 Å². The summed E-state index contributed by atoms with van der Waals surface area (Å²) in [4.78, 5) is 0. The molecule has 0 fully saturated rings. The topological polar surface area (TPSA) is 86.7 Å². The molecule has 0 heterocycles. The van der Waals surface area contributed by atoms with Gasteiger partial charge in [-0.05, 0) is 55.7 Å². The van der Waals surface area contributed by atoms with Crippen molar-refractivity contribution >= 4 is 32.4 Å². The van der Waals surface area contributed by atoms with Crippen LogP contribution in [0.5, 0.6) is 11.5 Å². The summed E-state index contributed by atoms with van der Waals surface area (Å²) in [5.74, 6) is -1.51. The minimum Gasteiger partial charge on any atom is -0.375 e. The summed E-state index contributed by atoms with van der Waals surface area (Å²) in [6.07, 6.45) is 13.3. The van der Waals surface area contributed by atoms with E-state index in [2.05, 4.69) is 15.3 Å². The molecular weight excluding hydrogens is 634 g/mol. The van der Waals surface area contributed by atoms with Crippen LogP contribution in [-0.2, 0) is 20.2 Å². The smallest absolute Gasteiger partial charge is 0.375 e. The first kappa shape index (κ1) is 37.2. The number of hydrogen-bond acceptors (Lipinski definition) is 6. The van der Waals surface area contributed by atoms with Gasteiger partial charge in [-0.25, -0.2) is 0 Å². The maximum absolute atomic E-state index is 13.0. The van der Waals surface area contributed by atoms with Gasteiger partial charge in [-0.1, -0.05) is 88.3 Å². The van der Waals surface area contributed by atoms with Gasteiger partial charge in [0.05, 0.1) is 0 Å². The zero-order chi connectivity index (χ0) is 33.2. The SMILES string of the molecule is CC=Cc1cc(C(CCCCCCCCC)c2ccc(OS(=O)(=O)C(F)(F)F)c(C=CC)c2)ccc1OS(=O)(=O)C(F)(F)F. The lowest BCUT2D eigenvalue weighted by Gasteiger charge is -2.21. The van der Waals surface area contributed by atoms with Crippen molar-refractivity contribution in [3.63, 3.8) is 0 Å². The van der Waals surface area contributed by atoms with Crippen LogP contribution in [0, 0.1) is 0 Å². The summed E-state index contributed by atoms with van der Waals surface area (Å²) >= 11 is 0. The quantitative estimate of drug-likeness (QED) is 0.0766. The van der Waals surface area contributed by atoms with Crippen LogP contribution >= 0.6 is 0 Å². The molecule has 0 atom stereocenters. The van der Waals surface area contributed by atoms with Crippen LogP contribution < -0.4 is 8.37 Å². The highest BCUT2D eigenvalue weighted by Crippen LogP contribution is 2.38. The van der Waals surface area contributed by atoms with E-state index in [0.717, 1.165) is 57.1 Å². The molecule has 0 aliphatic rings. The first-order chi connectivity index (χ1) is 20.5. The van der Waals surface area contributed by atoms with Crippen LogP contribution in [0.2, 0.25) is 0 Å². The van der Waals surface area contributed by atoms with Gasteiger partial charge in [0.25, 0.3) is 0 Å². The highest BCUT2D eigenvalue weighted by atomic mass is 32.2. The molecule has 0 bridgehead atoms. The Balaban J connectivity index is 2.57. The van der Waals surface area contributed by atoms with Gasteiger partial charge in [0, 0.05) is 17.0 Å². The van der Waals surface area contributed by atoms with Crippen molar-refractivity contribution in [3.05, 3.63) is 70.8 Å². The van der Waals surface area contributed by atoms with Gasteiger partial charge >= 0.3 is 31.3 Å². The third-order valence-electron chi connectivity index (χ3n) is 6.63. The standard InChI is InChI=1S/C30H36F6O6S2/c1-4-7-8-9-10-11-12-15-26(22-16-18-27(24(20-22)13-5-2)41-43(37,38)29(31,32)33)23-17-19-28(25(21-23)14-6-3)42-44(39,40)30(34,35)36/h5-6,13-14,16-21,26H,4,7-12,15H2,1-3H3. The summed E-state index contributed by atoms with van der Waals surface area (Å²) in [6.45, 7) is 5.28. The Kier molecular flexibility index (Phi) is 13.4. The van der Waals surface area contributed by atoms with Crippen molar-refractivity contribution in [1.29, 1.82) is 0 Å². The van der Waals surface area contributed by atoms with E-state index in [0.29, 0.717) is 17.5 Å². The normalized spacial score (nSPS) is 13.9. The molecule has 2 rings (SSSR count). The van der Waals surface area contributed by atoms with E-state index in [4.69, 9.17) is 0 Å². The lowest BCUT2D eigenvalue weighted by atomic mass is 9.85. The van der Waals surface area contributed by atoms with Crippen molar-refractivity contribution in [2.24, 2.45) is 0 Å². The van der Waals surface area contributed by atoms with E-state index in [9.17, 15) is 43.2 Å². The Morgan fingerprint density at radius 2 is 1.05 bits per heavy atom. The summed E-state index contributed by atoms with van der Waals surface area (Å²) in [7, 11) is -11.9. The van der Waals surface area contributed by atoms with E-state index in [-0.39, 0.29) is 11.1 Å². The second-order valence-corrected chi connectivity index (χ2v) is 13.1. The Hall–Kier alpha value is -3.00. The minimum absolute atomic E-state index is 0.0623. The first-order valence-corrected chi connectivity index (χ1v) is 16.8. The molecule has 0 saturated heterocycles. The molecule has 0 N–H and O–H groups in total.